The van der Waals surface area contributed by atoms with Crippen LogP contribution in [0.3, 0.4) is 0 Å². The molecule has 76 valence electrons. The maximum atomic E-state index is 5.91. The Balaban J connectivity index is 2.17. The number of halogens is 1. The minimum atomic E-state index is 0.494. The number of pyridine rings is 1. The van der Waals surface area contributed by atoms with E-state index in [9.17, 15) is 0 Å². The van der Waals surface area contributed by atoms with Gasteiger partial charge in [-0.3, -0.25) is 4.98 Å². The van der Waals surface area contributed by atoms with Gasteiger partial charge in [-0.25, -0.2) is 0 Å². The Hall–Kier alpha value is -1.39. The largest absolute Gasteiger partial charge is 0.462 e. The van der Waals surface area contributed by atoms with Gasteiger partial charge >= 0.3 is 0 Å². The Morgan fingerprint density at radius 2 is 2.33 bits per heavy atom. The van der Waals surface area contributed by atoms with E-state index >= 15 is 0 Å². The van der Waals surface area contributed by atoms with Crippen LogP contribution in [0.5, 0.6) is 0 Å². The number of aromatic nitrogens is 1. The number of nitrogens with one attached hydrogen (secondary N) is 1. The molecule has 5 heteroatoms. The van der Waals surface area contributed by atoms with Gasteiger partial charge in [0.15, 0.2) is 5.76 Å². The highest BCUT2D eigenvalue weighted by Gasteiger charge is 2.06. The number of hydrogen-bond donors (Lipinski definition) is 1. The van der Waals surface area contributed by atoms with Crippen LogP contribution in [0.2, 0.25) is 5.02 Å². The predicted molar refractivity (Wildman–Crippen MR) is 63.3 cm³/mol. The molecule has 0 aliphatic carbocycles. The molecule has 0 saturated carbocycles. The van der Waals surface area contributed by atoms with Gasteiger partial charge in [0.2, 0.25) is 0 Å². The molecule has 0 bridgehead atoms. The molecule has 0 unspecified atom stereocenters. The number of hydrogen-bond acceptors (Lipinski definition) is 3. The monoisotopic (exact) mass is 238 g/mol. The Morgan fingerprint density at radius 1 is 1.47 bits per heavy atom. The van der Waals surface area contributed by atoms with Gasteiger partial charge in [-0.15, -0.1) is 0 Å². The van der Waals surface area contributed by atoms with Crippen molar-refractivity contribution in [1.29, 1.82) is 0 Å². The van der Waals surface area contributed by atoms with E-state index in [-0.39, 0.29) is 0 Å². The van der Waals surface area contributed by atoms with Crippen LogP contribution in [0, 0.1) is 0 Å². The van der Waals surface area contributed by atoms with Gasteiger partial charge < -0.3 is 9.73 Å². The molecule has 0 spiro atoms. The van der Waals surface area contributed by atoms with Gasteiger partial charge in [0, 0.05) is 12.4 Å². The first-order chi connectivity index (χ1) is 7.27. The third kappa shape index (κ3) is 2.34. The zero-order valence-electron chi connectivity index (χ0n) is 7.61. The van der Waals surface area contributed by atoms with E-state index in [1.165, 1.54) is 0 Å². The number of furan rings is 1. The van der Waals surface area contributed by atoms with Crippen molar-refractivity contribution in [2.45, 2.75) is 0 Å². The Kier molecular flexibility index (Phi) is 2.99. The number of thiocarbonyl (C=S) groups is 1. The van der Waals surface area contributed by atoms with E-state index in [4.69, 9.17) is 28.2 Å². The molecule has 0 radical (unpaired) electrons. The lowest BCUT2D eigenvalue weighted by Crippen LogP contribution is -2.09. The van der Waals surface area contributed by atoms with Crippen molar-refractivity contribution in [2.24, 2.45) is 0 Å². The molecule has 2 aromatic rings. The summed E-state index contributed by atoms with van der Waals surface area (Å²) in [6, 6.07) is 5.31. The summed E-state index contributed by atoms with van der Waals surface area (Å²) in [6.07, 6.45) is 4.76. The van der Waals surface area contributed by atoms with Crippen molar-refractivity contribution >= 4 is 34.5 Å². The summed E-state index contributed by atoms with van der Waals surface area (Å²) in [5, 5.41) is 3.50. The normalized spacial score (nSPS) is 9.93. The van der Waals surface area contributed by atoms with Crippen LogP contribution in [0.1, 0.15) is 5.76 Å². The van der Waals surface area contributed by atoms with E-state index in [0.717, 1.165) is 0 Å². The van der Waals surface area contributed by atoms with Crippen LogP contribution in [0.15, 0.2) is 41.3 Å². The first kappa shape index (κ1) is 10.1. The van der Waals surface area contributed by atoms with E-state index in [1.807, 2.05) is 0 Å². The van der Waals surface area contributed by atoms with Gasteiger partial charge in [0.05, 0.1) is 17.0 Å². The lowest BCUT2D eigenvalue weighted by molar-refractivity contribution is 0.559. The van der Waals surface area contributed by atoms with Gasteiger partial charge in [0.1, 0.15) is 4.99 Å². The summed E-state index contributed by atoms with van der Waals surface area (Å²) in [4.78, 5) is 4.37. The average molecular weight is 239 g/mol. The SMILES string of the molecule is S=C(Nc1ccncc1Cl)c1ccco1. The molecule has 3 nitrogen and oxygen atoms in total. The van der Waals surface area contributed by atoms with E-state index in [2.05, 4.69) is 10.3 Å². The third-order valence-electron chi connectivity index (χ3n) is 1.77. The van der Waals surface area contributed by atoms with Gasteiger partial charge in [0.25, 0.3) is 0 Å². The van der Waals surface area contributed by atoms with Crippen LogP contribution in [0.25, 0.3) is 0 Å². The molecule has 2 heterocycles. The highest BCUT2D eigenvalue weighted by Crippen LogP contribution is 2.20. The maximum Gasteiger partial charge on any atom is 0.161 e. The summed E-state index contributed by atoms with van der Waals surface area (Å²) in [7, 11) is 0. The van der Waals surface area contributed by atoms with Gasteiger partial charge in [-0.1, -0.05) is 23.8 Å². The fourth-order valence-electron chi connectivity index (χ4n) is 1.07. The van der Waals surface area contributed by atoms with Crippen molar-refractivity contribution in [3.63, 3.8) is 0 Å². The molecular formula is C10H7ClN2OS. The van der Waals surface area contributed by atoms with Gasteiger partial charge in [-0.05, 0) is 18.2 Å². The highest BCUT2D eigenvalue weighted by atomic mass is 35.5. The molecule has 0 aromatic carbocycles. The van der Waals surface area contributed by atoms with Crippen molar-refractivity contribution in [3.8, 4) is 0 Å². The summed E-state index contributed by atoms with van der Waals surface area (Å²) in [5.74, 6) is 0.609. The molecule has 0 amide bonds. The summed E-state index contributed by atoms with van der Waals surface area (Å²) in [5.41, 5.74) is 0.716. The Morgan fingerprint density at radius 3 is 3.00 bits per heavy atom. The third-order valence-corrected chi connectivity index (χ3v) is 2.37. The second-order valence-corrected chi connectivity index (χ2v) is 3.60. The molecule has 0 fully saturated rings. The molecule has 15 heavy (non-hydrogen) atoms. The van der Waals surface area contributed by atoms with Crippen LogP contribution < -0.4 is 5.32 Å². The quantitative estimate of drug-likeness (QED) is 0.816. The first-order valence-electron chi connectivity index (χ1n) is 4.22. The molecule has 0 saturated heterocycles. The van der Waals surface area contributed by atoms with Crippen molar-refractivity contribution in [1.82, 2.24) is 4.98 Å². The van der Waals surface area contributed by atoms with Crippen molar-refractivity contribution in [2.75, 3.05) is 5.32 Å². The Labute approximate surface area is 97.1 Å². The minimum absolute atomic E-state index is 0.494. The van der Waals surface area contributed by atoms with Gasteiger partial charge in [-0.2, -0.15) is 0 Å². The minimum Gasteiger partial charge on any atom is -0.462 e. The zero-order chi connectivity index (χ0) is 10.7. The number of nitrogens with zero attached hydrogens (tertiary/aromatic N) is 1. The van der Waals surface area contributed by atoms with Crippen LogP contribution >= 0.6 is 23.8 Å². The Bertz CT molecular complexity index is 470. The molecule has 0 aliphatic rings. The molecule has 0 aliphatic heterocycles. The van der Waals surface area contributed by atoms with Crippen molar-refractivity contribution in [3.05, 3.63) is 47.6 Å². The van der Waals surface area contributed by atoms with Crippen molar-refractivity contribution < 1.29 is 4.42 Å². The second-order valence-electron chi connectivity index (χ2n) is 2.79. The summed E-state index contributed by atoms with van der Waals surface area (Å²) >= 11 is 11.0. The standard InChI is InChI=1S/C10H7ClN2OS/c11-7-6-12-4-3-8(7)13-10(15)9-2-1-5-14-9/h1-6H,(H,12,13,15). The fourth-order valence-corrected chi connectivity index (χ4v) is 1.46. The predicted octanol–water partition coefficient (Wildman–Crippen LogP) is 3.12. The van der Waals surface area contributed by atoms with E-state index in [0.29, 0.717) is 21.5 Å². The summed E-state index contributed by atoms with van der Waals surface area (Å²) < 4.78 is 5.14. The molecule has 2 aromatic heterocycles. The second kappa shape index (κ2) is 4.42. The maximum absolute atomic E-state index is 5.91. The smallest absolute Gasteiger partial charge is 0.161 e. The highest BCUT2D eigenvalue weighted by molar-refractivity contribution is 7.81. The van der Waals surface area contributed by atoms with E-state index < -0.39 is 0 Å². The topological polar surface area (TPSA) is 38.1 Å². The van der Waals surface area contributed by atoms with Crippen LogP contribution in [-0.2, 0) is 0 Å². The summed E-state index contributed by atoms with van der Waals surface area (Å²) in [6.45, 7) is 0. The lowest BCUT2D eigenvalue weighted by atomic mass is 10.3. The van der Waals surface area contributed by atoms with E-state index in [1.54, 1.807) is 36.9 Å². The van der Waals surface area contributed by atoms with Crippen LogP contribution in [0.4, 0.5) is 5.69 Å². The van der Waals surface area contributed by atoms with Crippen LogP contribution in [-0.4, -0.2) is 9.97 Å². The zero-order valence-corrected chi connectivity index (χ0v) is 9.18. The molecule has 2 rings (SSSR count). The average Bonchev–Trinajstić information content (AvgIpc) is 2.74. The first-order valence-corrected chi connectivity index (χ1v) is 5.00. The number of rotatable bonds is 2. The lowest BCUT2D eigenvalue weighted by Gasteiger charge is -2.06. The molecule has 0 atom stereocenters. The number of anilines is 1. The molecular weight excluding hydrogens is 232 g/mol. The molecule has 1 N–H and O–H groups in total. The fraction of sp³-hybridized carbons (Fsp3) is 0.